The van der Waals surface area contributed by atoms with Crippen molar-refractivity contribution < 1.29 is 9.00 Å². The van der Waals surface area contributed by atoms with Crippen molar-refractivity contribution in [2.75, 3.05) is 12.8 Å². The van der Waals surface area contributed by atoms with Crippen molar-refractivity contribution in [3.63, 3.8) is 0 Å². The lowest BCUT2D eigenvalue weighted by molar-refractivity contribution is -0.128. The van der Waals surface area contributed by atoms with Crippen molar-refractivity contribution in [1.29, 1.82) is 5.26 Å². The van der Waals surface area contributed by atoms with E-state index in [1.807, 2.05) is 20.8 Å². The summed E-state index contributed by atoms with van der Waals surface area (Å²) in [4.78, 5) is 12.2. The Bertz CT molecular complexity index is 344. The van der Waals surface area contributed by atoms with E-state index in [0.717, 1.165) is 12.8 Å². The number of nitrogens with zero attached hydrogens (tertiary/aromatic N) is 1. The normalized spacial score (nSPS) is 14.5. The summed E-state index contributed by atoms with van der Waals surface area (Å²) in [6.07, 6.45) is 5.17. The second-order valence-corrected chi connectivity index (χ2v) is 6.85. The van der Waals surface area contributed by atoms with E-state index in [1.54, 1.807) is 6.26 Å². The predicted octanol–water partition coefficient (Wildman–Crippen LogP) is 2.37. The molecule has 0 aromatic heterocycles. The fraction of sp³-hybridized carbons (Fsp3) is 0.857. The van der Waals surface area contributed by atoms with Gasteiger partial charge in [0, 0.05) is 28.9 Å². The quantitative estimate of drug-likeness (QED) is 0.707. The van der Waals surface area contributed by atoms with Crippen LogP contribution in [-0.4, -0.2) is 28.2 Å². The molecule has 2 unspecified atom stereocenters. The number of carbonyl (C=O) groups is 1. The van der Waals surface area contributed by atoms with E-state index in [0.29, 0.717) is 25.8 Å². The SMILES string of the molecule is CCCC(C#N)(CCC)C(=O)NCCC(C)S(C)=O. The molecule has 0 aliphatic carbocycles. The minimum absolute atomic E-state index is 0.0640. The zero-order valence-electron chi connectivity index (χ0n) is 12.5. The number of hydrogen-bond donors (Lipinski definition) is 1. The summed E-state index contributed by atoms with van der Waals surface area (Å²) < 4.78 is 11.2. The lowest BCUT2D eigenvalue weighted by Crippen LogP contribution is -2.41. The molecule has 1 N–H and O–H groups in total. The van der Waals surface area contributed by atoms with Gasteiger partial charge >= 0.3 is 0 Å². The summed E-state index contributed by atoms with van der Waals surface area (Å²) in [7, 11) is -0.871. The molecule has 4 nitrogen and oxygen atoms in total. The number of nitrogens with one attached hydrogen (secondary N) is 1. The third kappa shape index (κ3) is 5.73. The summed E-state index contributed by atoms with van der Waals surface area (Å²) in [5, 5.41) is 12.2. The van der Waals surface area contributed by atoms with Gasteiger partial charge in [-0.1, -0.05) is 33.6 Å². The van der Waals surface area contributed by atoms with E-state index in [1.165, 1.54) is 0 Å². The highest BCUT2D eigenvalue weighted by Gasteiger charge is 2.36. The third-order valence-corrected chi connectivity index (χ3v) is 4.77. The maximum absolute atomic E-state index is 12.2. The Labute approximate surface area is 119 Å². The first-order valence-corrected chi connectivity index (χ1v) is 8.57. The van der Waals surface area contributed by atoms with Gasteiger partial charge in [-0.25, -0.2) is 0 Å². The highest BCUT2D eigenvalue weighted by Crippen LogP contribution is 2.29. The Morgan fingerprint density at radius 1 is 1.37 bits per heavy atom. The van der Waals surface area contributed by atoms with Crippen molar-refractivity contribution in [2.45, 2.75) is 58.1 Å². The van der Waals surface area contributed by atoms with E-state index < -0.39 is 16.2 Å². The van der Waals surface area contributed by atoms with Gasteiger partial charge in [-0.15, -0.1) is 0 Å². The summed E-state index contributed by atoms with van der Waals surface area (Å²) in [6.45, 7) is 6.35. The van der Waals surface area contributed by atoms with Crippen LogP contribution in [0.4, 0.5) is 0 Å². The van der Waals surface area contributed by atoms with Crippen LogP contribution in [0.1, 0.15) is 52.9 Å². The smallest absolute Gasteiger partial charge is 0.240 e. The standard InChI is InChI=1S/C14H26N2O2S/c1-5-8-14(11-15,9-6-2)13(17)16-10-7-12(3)19(4)18/h12H,5-10H2,1-4H3,(H,16,17). The summed E-state index contributed by atoms with van der Waals surface area (Å²) in [6, 6.07) is 2.21. The molecule has 0 aromatic carbocycles. The maximum atomic E-state index is 12.2. The van der Waals surface area contributed by atoms with Gasteiger partial charge in [-0.2, -0.15) is 5.26 Å². The Morgan fingerprint density at radius 3 is 2.26 bits per heavy atom. The fourth-order valence-corrected chi connectivity index (χ4v) is 2.54. The third-order valence-electron chi connectivity index (χ3n) is 3.41. The first-order valence-electron chi connectivity index (χ1n) is 6.95. The topological polar surface area (TPSA) is 70.0 Å². The van der Waals surface area contributed by atoms with Crippen LogP contribution in [0.15, 0.2) is 0 Å². The van der Waals surface area contributed by atoms with Gasteiger partial charge in [-0.05, 0) is 19.3 Å². The first kappa shape index (κ1) is 18.1. The molecule has 2 atom stereocenters. The number of rotatable bonds is 9. The van der Waals surface area contributed by atoms with E-state index in [2.05, 4.69) is 11.4 Å². The average molecular weight is 286 g/mol. The van der Waals surface area contributed by atoms with Crippen LogP contribution < -0.4 is 5.32 Å². The van der Waals surface area contributed by atoms with Crippen LogP contribution >= 0.6 is 0 Å². The van der Waals surface area contributed by atoms with Gasteiger partial charge in [0.1, 0.15) is 5.41 Å². The van der Waals surface area contributed by atoms with Crippen molar-refractivity contribution in [3.05, 3.63) is 0 Å². The molecule has 19 heavy (non-hydrogen) atoms. The van der Waals surface area contributed by atoms with Crippen LogP contribution in [0.25, 0.3) is 0 Å². The van der Waals surface area contributed by atoms with Gasteiger partial charge in [0.2, 0.25) is 5.91 Å². The van der Waals surface area contributed by atoms with Gasteiger partial charge < -0.3 is 5.32 Å². The van der Waals surface area contributed by atoms with Gasteiger partial charge in [-0.3, -0.25) is 9.00 Å². The van der Waals surface area contributed by atoms with Gasteiger partial charge in [0.15, 0.2) is 0 Å². The van der Waals surface area contributed by atoms with Crippen LogP contribution in [0, 0.1) is 16.7 Å². The second kappa shape index (κ2) is 9.08. The molecule has 0 aliphatic rings. The fourth-order valence-electron chi connectivity index (χ4n) is 2.09. The molecule has 110 valence electrons. The lowest BCUT2D eigenvalue weighted by atomic mass is 9.80. The lowest BCUT2D eigenvalue weighted by Gasteiger charge is -2.24. The number of nitriles is 1. The molecule has 0 aromatic rings. The minimum Gasteiger partial charge on any atom is -0.355 e. The number of carbonyl (C=O) groups excluding carboxylic acids is 1. The Hall–Kier alpha value is -0.890. The molecule has 0 bridgehead atoms. The maximum Gasteiger partial charge on any atom is 0.240 e. The molecule has 5 heteroatoms. The van der Waals surface area contributed by atoms with E-state index in [4.69, 9.17) is 0 Å². The predicted molar refractivity (Wildman–Crippen MR) is 79.0 cm³/mol. The van der Waals surface area contributed by atoms with Crippen LogP contribution in [0.2, 0.25) is 0 Å². The first-order chi connectivity index (χ1) is 8.93. The van der Waals surface area contributed by atoms with Crippen LogP contribution in [0.5, 0.6) is 0 Å². The van der Waals surface area contributed by atoms with Crippen molar-refractivity contribution in [3.8, 4) is 6.07 Å². The molecule has 0 saturated heterocycles. The summed E-state index contributed by atoms with van der Waals surface area (Å²) in [5.74, 6) is -0.173. The molecular formula is C14H26N2O2S. The number of amides is 1. The molecule has 0 rings (SSSR count). The highest BCUT2D eigenvalue weighted by atomic mass is 32.2. The second-order valence-electron chi connectivity index (χ2n) is 5.05. The minimum atomic E-state index is -0.891. The highest BCUT2D eigenvalue weighted by molar-refractivity contribution is 7.84. The van der Waals surface area contributed by atoms with Crippen LogP contribution in [-0.2, 0) is 15.6 Å². The Kier molecular flexibility index (Phi) is 8.66. The Balaban J connectivity index is 4.49. The average Bonchev–Trinajstić information content (AvgIpc) is 2.37. The Morgan fingerprint density at radius 2 is 1.89 bits per heavy atom. The zero-order chi connectivity index (χ0) is 14.9. The molecular weight excluding hydrogens is 260 g/mol. The molecule has 0 heterocycles. The van der Waals surface area contributed by atoms with E-state index >= 15 is 0 Å². The van der Waals surface area contributed by atoms with Gasteiger partial charge in [0.05, 0.1) is 6.07 Å². The molecule has 0 radical (unpaired) electrons. The van der Waals surface area contributed by atoms with E-state index in [-0.39, 0.29) is 11.2 Å². The summed E-state index contributed by atoms with van der Waals surface area (Å²) >= 11 is 0. The van der Waals surface area contributed by atoms with Crippen molar-refractivity contribution in [1.82, 2.24) is 5.32 Å². The molecule has 0 spiro atoms. The zero-order valence-corrected chi connectivity index (χ0v) is 13.3. The van der Waals surface area contributed by atoms with E-state index in [9.17, 15) is 14.3 Å². The largest absolute Gasteiger partial charge is 0.355 e. The van der Waals surface area contributed by atoms with Gasteiger partial charge in [0.25, 0.3) is 0 Å². The van der Waals surface area contributed by atoms with Crippen molar-refractivity contribution in [2.24, 2.45) is 5.41 Å². The molecule has 0 fully saturated rings. The summed E-state index contributed by atoms with van der Waals surface area (Å²) in [5.41, 5.74) is -0.891. The molecule has 1 amide bonds. The molecule has 0 aliphatic heterocycles. The van der Waals surface area contributed by atoms with Crippen molar-refractivity contribution >= 4 is 16.7 Å². The molecule has 0 saturated carbocycles. The monoisotopic (exact) mass is 286 g/mol. The number of hydrogen-bond acceptors (Lipinski definition) is 3. The van der Waals surface area contributed by atoms with Crippen LogP contribution in [0.3, 0.4) is 0 Å².